The second-order valence-corrected chi connectivity index (χ2v) is 9.00. The summed E-state index contributed by atoms with van der Waals surface area (Å²) < 4.78 is 9.89. The molecule has 2 bridgehead atoms. The highest BCUT2D eigenvalue weighted by Crippen LogP contribution is 2.55. The molecule has 29 heavy (non-hydrogen) atoms. The van der Waals surface area contributed by atoms with Crippen molar-refractivity contribution < 1.29 is 29.3 Å². The zero-order valence-corrected chi connectivity index (χ0v) is 17.6. The summed E-state index contributed by atoms with van der Waals surface area (Å²) in [7, 11) is 2.43. The lowest BCUT2D eigenvalue weighted by molar-refractivity contribution is -0.173. The molecule has 9 heteroatoms. The molecule has 0 amide bonds. The fourth-order valence-corrected chi connectivity index (χ4v) is 6.22. The van der Waals surface area contributed by atoms with Gasteiger partial charge < -0.3 is 24.6 Å². The van der Waals surface area contributed by atoms with Crippen LogP contribution in [-0.4, -0.2) is 54.4 Å². The van der Waals surface area contributed by atoms with Crippen LogP contribution in [0.5, 0.6) is 0 Å². The van der Waals surface area contributed by atoms with E-state index in [4.69, 9.17) is 9.47 Å². The Hall–Kier alpha value is -2.20. The molecule has 0 spiro atoms. The standard InChI is InChI=1S/C20H21NO6S2/c1-26-17(22)15-16(18(23)27-2)21-8-7-19(24,13-5-3-9-28-13)12(11-21)20(15,25)14-6-4-10-29-14/h3-6,9-10,12,24-25H,7-8,11H2,1-2H3. The van der Waals surface area contributed by atoms with E-state index in [1.165, 1.54) is 36.9 Å². The number of rotatable bonds is 4. The largest absolute Gasteiger partial charge is 0.466 e. The van der Waals surface area contributed by atoms with Gasteiger partial charge in [0.25, 0.3) is 0 Å². The van der Waals surface area contributed by atoms with Gasteiger partial charge in [0.05, 0.1) is 14.2 Å². The number of ether oxygens (including phenoxy) is 2. The van der Waals surface area contributed by atoms with Crippen molar-refractivity contribution in [3.8, 4) is 0 Å². The van der Waals surface area contributed by atoms with Gasteiger partial charge in [0.2, 0.25) is 0 Å². The first-order valence-electron chi connectivity index (χ1n) is 9.07. The molecule has 0 aromatic carbocycles. The number of piperidine rings is 1. The summed E-state index contributed by atoms with van der Waals surface area (Å²) in [6.45, 7) is 0.518. The van der Waals surface area contributed by atoms with E-state index >= 15 is 0 Å². The van der Waals surface area contributed by atoms with E-state index in [9.17, 15) is 19.8 Å². The van der Waals surface area contributed by atoms with E-state index in [1.54, 1.807) is 22.4 Å². The Morgan fingerprint density at radius 1 is 1.07 bits per heavy atom. The Labute approximate surface area is 175 Å². The normalized spacial score (nSPS) is 29.0. The van der Waals surface area contributed by atoms with Gasteiger partial charge >= 0.3 is 11.9 Å². The summed E-state index contributed by atoms with van der Waals surface area (Å²) in [6, 6.07) is 7.12. The van der Waals surface area contributed by atoms with E-state index in [0.29, 0.717) is 22.7 Å². The van der Waals surface area contributed by atoms with Crippen LogP contribution < -0.4 is 0 Å². The Balaban J connectivity index is 2.02. The van der Waals surface area contributed by atoms with Crippen LogP contribution in [0.4, 0.5) is 0 Å². The molecule has 1 fully saturated rings. The van der Waals surface area contributed by atoms with Crippen molar-refractivity contribution >= 4 is 34.6 Å². The SMILES string of the molecule is COC(=O)C1=C(C(=O)OC)C(O)(c2cccs2)C2CN1CCC2(O)c1cccs1. The minimum atomic E-state index is -1.92. The van der Waals surface area contributed by atoms with E-state index in [0.717, 1.165) is 0 Å². The molecule has 154 valence electrons. The highest BCUT2D eigenvalue weighted by Gasteiger charge is 2.62. The number of methoxy groups -OCH3 is 2. The molecule has 4 rings (SSSR count). The number of hydrogen-bond donors (Lipinski definition) is 2. The number of carbonyl (C=O) groups excluding carboxylic acids is 2. The minimum Gasteiger partial charge on any atom is -0.466 e. The molecule has 2 aliphatic rings. The zero-order valence-electron chi connectivity index (χ0n) is 16.0. The molecule has 3 unspecified atom stereocenters. The Kier molecular flexibility index (Phi) is 5.02. The number of thiophene rings is 2. The number of nitrogens with zero attached hydrogens (tertiary/aromatic N) is 1. The van der Waals surface area contributed by atoms with Crippen LogP contribution in [0.15, 0.2) is 46.3 Å². The van der Waals surface area contributed by atoms with Gasteiger partial charge in [-0.25, -0.2) is 9.59 Å². The van der Waals surface area contributed by atoms with Crippen LogP contribution in [-0.2, 0) is 30.3 Å². The molecule has 0 radical (unpaired) electrons. The number of esters is 2. The lowest BCUT2D eigenvalue weighted by Crippen LogP contribution is -2.63. The smallest absolute Gasteiger partial charge is 0.355 e. The Bertz CT molecular complexity index is 954. The lowest BCUT2D eigenvalue weighted by Gasteiger charge is -2.55. The molecule has 7 nitrogen and oxygen atoms in total. The number of aliphatic hydroxyl groups is 2. The lowest BCUT2D eigenvalue weighted by atomic mass is 9.64. The van der Waals surface area contributed by atoms with Crippen LogP contribution in [0.25, 0.3) is 0 Å². The van der Waals surface area contributed by atoms with Gasteiger partial charge in [-0.05, 0) is 29.3 Å². The first kappa shape index (κ1) is 20.1. The maximum absolute atomic E-state index is 12.9. The topological polar surface area (TPSA) is 96.3 Å². The molecule has 2 N–H and O–H groups in total. The molecule has 2 aromatic rings. The summed E-state index contributed by atoms with van der Waals surface area (Å²) in [6.07, 6.45) is 0.292. The Morgan fingerprint density at radius 3 is 2.24 bits per heavy atom. The zero-order chi connectivity index (χ0) is 20.8. The third-order valence-electron chi connectivity index (χ3n) is 5.79. The third-order valence-corrected chi connectivity index (χ3v) is 7.82. The summed E-state index contributed by atoms with van der Waals surface area (Å²) in [5.41, 5.74) is -3.50. The van der Waals surface area contributed by atoms with E-state index < -0.39 is 29.1 Å². The highest BCUT2D eigenvalue weighted by molar-refractivity contribution is 7.10. The first-order chi connectivity index (χ1) is 13.9. The highest BCUT2D eigenvalue weighted by atomic mass is 32.1. The van der Waals surface area contributed by atoms with Gasteiger partial charge in [-0.1, -0.05) is 12.1 Å². The molecule has 2 aromatic heterocycles. The van der Waals surface area contributed by atoms with Gasteiger partial charge in [-0.15, -0.1) is 22.7 Å². The summed E-state index contributed by atoms with van der Waals surface area (Å²) in [4.78, 5) is 28.4. The maximum atomic E-state index is 12.9. The van der Waals surface area contributed by atoms with Gasteiger partial charge in [0, 0.05) is 28.8 Å². The van der Waals surface area contributed by atoms with Crippen molar-refractivity contribution in [3.05, 3.63) is 56.1 Å². The van der Waals surface area contributed by atoms with E-state index in [-0.39, 0.29) is 17.8 Å². The molecule has 0 saturated carbocycles. The van der Waals surface area contributed by atoms with Gasteiger partial charge in [0.1, 0.15) is 22.5 Å². The van der Waals surface area contributed by atoms with Crippen LogP contribution >= 0.6 is 22.7 Å². The minimum absolute atomic E-state index is 0.0141. The average Bonchev–Trinajstić information content (AvgIpc) is 3.45. The number of carbonyl (C=O) groups is 2. The van der Waals surface area contributed by atoms with Crippen LogP contribution in [0.3, 0.4) is 0 Å². The van der Waals surface area contributed by atoms with Crippen molar-refractivity contribution in [1.82, 2.24) is 4.90 Å². The maximum Gasteiger partial charge on any atom is 0.355 e. The first-order valence-corrected chi connectivity index (χ1v) is 10.8. The van der Waals surface area contributed by atoms with Gasteiger partial charge in [-0.3, -0.25) is 0 Å². The summed E-state index contributed by atoms with van der Waals surface area (Å²) in [5.74, 6) is -2.34. The molecule has 0 aliphatic carbocycles. The molecule has 1 saturated heterocycles. The van der Waals surface area contributed by atoms with Gasteiger partial charge in [0.15, 0.2) is 0 Å². The van der Waals surface area contributed by atoms with Crippen molar-refractivity contribution in [2.45, 2.75) is 17.6 Å². The predicted octanol–water partition coefficient (Wildman–Crippen LogP) is 1.82. The molecule has 3 atom stereocenters. The second kappa shape index (κ2) is 7.24. The van der Waals surface area contributed by atoms with Crippen molar-refractivity contribution in [2.24, 2.45) is 5.92 Å². The average molecular weight is 436 g/mol. The second-order valence-electron chi connectivity index (χ2n) is 7.10. The van der Waals surface area contributed by atoms with E-state index in [1.807, 2.05) is 17.5 Å². The third kappa shape index (κ3) is 2.83. The van der Waals surface area contributed by atoms with Gasteiger partial charge in [-0.2, -0.15) is 0 Å². The van der Waals surface area contributed by atoms with Crippen molar-refractivity contribution in [2.75, 3.05) is 27.3 Å². The number of hydrogen-bond acceptors (Lipinski definition) is 9. The molecule has 2 aliphatic heterocycles. The van der Waals surface area contributed by atoms with Crippen LogP contribution in [0.2, 0.25) is 0 Å². The molecular weight excluding hydrogens is 414 g/mol. The van der Waals surface area contributed by atoms with Crippen LogP contribution in [0.1, 0.15) is 16.2 Å². The fraction of sp³-hybridized carbons (Fsp3) is 0.400. The molecule has 4 heterocycles. The monoisotopic (exact) mass is 435 g/mol. The van der Waals surface area contributed by atoms with E-state index in [2.05, 4.69) is 0 Å². The predicted molar refractivity (Wildman–Crippen MR) is 107 cm³/mol. The summed E-state index contributed by atoms with van der Waals surface area (Å²) >= 11 is 2.65. The molecular formula is C20H21NO6S2. The van der Waals surface area contributed by atoms with Crippen molar-refractivity contribution in [3.63, 3.8) is 0 Å². The quantitative estimate of drug-likeness (QED) is 0.707. The summed E-state index contributed by atoms with van der Waals surface area (Å²) in [5, 5.41) is 27.5. The van der Waals surface area contributed by atoms with Crippen molar-refractivity contribution in [1.29, 1.82) is 0 Å². The van der Waals surface area contributed by atoms with Crippen LogP contribution in [0, 0.1) is 5.92 Å². The Morgan fingerprint density at radius 2 is 1.69 bits per heavy atom. The number of fused-ring (bicyclic) bond motifs is 2. The fourth-order valence-electron chi connectivity index (χ4n) is 4.43.